The number of amides is 1. The van der Waals surface area contributed by atoms with Crippen molar-refractivity contribution in [3.63, 3.8) is 0 Å². The Balaban J connectivity index is 0.00000484. The number of hydrogen-bond acceptors (Lipinski definition) is 9. The Labute approximate surface area is 257 Å². The number of nitrogens with one attached hydrogen (secondary N) is 1. The van der Waals surface area contributed by atoms with Crippen molar-refractivity contribution in [2.45, 2.75) is 51.9 Å². The van der Waals surface area contributed by atoms with E-state index in [1.807, 2.05) is 71.6 Å². The van der Waals surface area contributed by atoms with Crippen LogP contribution in [0.5, 0.6) is 11.6 Å². The van der Waals surface area contributed by atoms with Crippen molar-refractivity contribution in [2.24, 2.45) is 16.6 Å². The lowest BCUT2D eigenvalue weighted by Crippen LogP contribution is -2.49. The van der Waals surface area contributed by atoms with E-state index in [9.17, 15) is 9.59 Å². The van der Waals surface area contributed by atoms with E-state index in [1.165, 1.54) is 7.11 Å². The summed E-state index contributed by atoms with van der Waals surface area (Å²) in [5.41, 5.74) is 8.97. The van der Waals surface area contributed by atoms with Gasteiger partial charge in [0.2, 0.25) is 11.8 Å². The van der Waals surface area contributed by atoms with Crippen molar-refractivity contribution in [3.8, 4) is 11.6 Å². The molecular weight excluding hydrogens is 602 g/mol. The van der Waals surface area contributed by atoms with Crippen LogP contribution in [0.15, 0.2) is 77.9 Å². The minimum absolute atomic E-state index is 0. The third-order valence-electron chi connectivity index (χ3n) is 6.83. The highest BCUT2D eigenvalue weighted by Crippen LogP contribution is 2.32. The summed E-state index contributed by atoms with van der Waals surface area (Å²) in [5.74, 6) is 0.872. The molecular formula is C31H38BrN5O5. The highest BCUT2D eigenvalue weighted by molar-refractivity contribution is 8.93. The van der Waals surface area contributed by atoms with Crippen LogP contribution < -0.4 is 15.8 Å². The Morgan fingerprint density at radius 1 is 1.07 bits per heavy atom. The largest absolute Gasteiger partial charge is 0.467 e. The van der Waals surface area contributed by atoms with Gasteiger partial charge in [0.05, 0.1) is 32.2 Å². The number of hydrogen-bond donors (Lipinski definition) is 2. The van der Waals surface area contributed by atoms with Crippen LogP contribution in [0.1, 0.15) is 37.8 Å². The Morgan fingerprint density at radius 2 is 1.76 bits per heavy atom. The first-order valence-electron chi connectivity index (χ1n) is 13.7. The number of halogens is 1. The molecule has 2 atom stereocenters. The Morgan fingerprint density at radius 3 is 2.43 bits per heavy atom. The van der Waals surface area contributed by atoms with Gasteiger partial charge in [-0.15, -0.1) is 17.0 Å². The fourth-order valence-corrected chi connectivity index (χ4v) is 4.67. The maximum atomic E-state index is 12.9. The number of esters is 1. The number of carbonyl (C=O) groups excluding carboxylic acids is 2. The number of aliphatic imine (C=N–C) groups is 1. The number of benzene rings is 2. The molecule has 2 heterocycles. The zero-order valence-corrected chi connectivity index (χ0v) is 25.8. The van der Waals surface area contributed by atoms with Crippen molar-refractivity contribution in [1.29, 1.82) is 0 Å². The summed E-state index contributed by atoms with van der Waals surface area (Å²) in [4.78, 5) is 36.2. The lowest BCUT2D eigenvalue weighted by molar-refractivity contribution is -0.147. The number of para-hydroxylation sites is 1. The van der Waals surface area contributed by atoms with E-state index >= 15 is 0 Å². The molecule has 42 heavy (non-hydrogen) atoms. The molecule has 0 bridgehead atoms. The van der Waals surface area contributed by atoms with Crippen molar-refractivity contribution < 1.29 is 23.8 Å². The van der Waals surface area contributed by atoms with E-state index < -0.39 is 12.0 Å². The highest BCUT2D eigenvalue weighted by atomic mass is 79.9. The average molecular weight is 641 g/mol. The molecule has 3 N–H and O–H groups in total. The van der Waals surface area contributed by atoms with E-state index in [1.54, 1.807) is 6.20 Å². The van der Waals surface area contributed by atoms with Gasteiger partial charge in [0.25, 0.3) is 0 Å². The standard InChI is InChI=1S/C31H37N5O5.BrH/c1-21(2)27(14-15-28(37)34-26(30(38)39-3)20-40-19-22-10-6-4-7-11-22)36-18-23-16-29(33-17-25(23)35-31(36)32)41-24-12-8-5-9-13-24;/h4-13,16-17,21,26-27H,14-15,18-20H2,1-3H3,(H2,32,35)(H,34,37);1H. The zero-order valence-electron chi connectivity index (χ0n) is 24.1. The number of carbonyl (C=O) groups is 2. The minimum atomic E-state index is -0.905. The molecule has 3 aromatic rings. The maximum Gasteiger partial charge on any atom is 0.330 e. The number of nitrogens with zero attached hydrogens (tertiary/aromatic N) is 3. The smallest absolute Gasteiger partial charge is 0.330 e. The maximum absolute atomic E-state index is 12.9. The van der Waals surface area contributed by atoms with Crippen LogP contribution in [0.3, 0.4) is 0 Å². The number of methoxy groups -OCH3 is 1. The molecule has 1 aliphatic heterocycles. The molecule has 0 saturated carbocycles. The van der Waals surface area contributed by atoms with E-state index in [4.69, 9.17) is 19.9 Å². The Bertz CT molecular complexity index is 1340. The molecule has 2 unspecified atom stereocenters. The van der Waals surface area contributed by atoms with E-state index in [0.717, 1.165) is 11.1 Å². The average Bonchev–Trinajstić information content (AvgIpc) is 2.97. The van der Waals surface area contributed by atoms with Crippen molar-refractivity contribution in [2.75, 3.05) is 13.7 Å². The van der Waals surface area contributed by atoms with E-state index in [0.29, 0.717) is 42.8 Å². The number of aromatic nitrogens is 1. The summed E-state index contributed by atoms with van der Waals surface area (Å²) >= 11 is 0. The normalized spacial score (nSPS) is 13.7. The molecule has 0 saturated heterocycles. The van der Waals surface area contributed by atoms with Crippen LogP contribution >= 0.6 is 17.0 Å². The second-order valence-electron chi connectivity index (χ2n) is 10.2. The zero-order chi connectivity index (χ0) is 29.2. The lowest BCUT2D eigenvalue weighted by Gasteiger charge is -2.37. The summed E-state index contributed by atoms with van der Waals surface area (Å²) in [7, 11) is 1.29. The van der Waals surface area contributed by atoms with Crippen molar-refractivity contribution in [3.05, 3.63) is 84.1 Å². The van der Waals surface area contributed by atoms with Crippen LogP contribution in [-0.4, -0.2) is 53.5 Å². The molecule has 0 spiro atoms. The molecule has 1 aliphatic rings. The molecule has 4 rings (SSSR count). The first-order valence-corrected chi connectivity index (χ1v) is 13.7. The fraction of sp³-hybridized carbons (Fsp3) is 0.355. The lowest BCUT2D eigenvalue weighted by atomic mass is 9.96. The molecule has 1 aromatic heterocycles. The highest BCUT2D eigenvalue weighted by Gasteiger charge is 2.29. The van der Waals surface area contributed by atoms with Crippen molar-refractivity contribution in [1.82, 2.24) is 15.2 Å². The van der Waals surface area contributed by atoms with Gasteiger partial charge in [0.1, 0.15) is 5.75 Å². The van der Waals surface area contributed by atoms with Gasteiger partial charge in [-0.25, -0.2) is 14.8 Å². The third-order valence-corrected chi connectivity index (χ3v) is 6.83. The Kier molecular flexibility index (Phi) is 12.3. The summed E-state index contributed by atoms with van der Waals surface area (Å²) in [6.07, 6.45) is 2.35. The molecule has 1 amide bonds. The molecule has 0 fully saturated rings. The van der Waals surface area contributed by atoms with Gasteiger partial charge in [-0.1, -0.05) is 62.4 Å². The SMILES string of the molecule is Br.COC(=O)C(COCc1ccccc1)NC(=O)CCC(C(C)C)N1Cc2cc(Oc3ccccc3)ncc2N=C1N. The van der Waals surface area contributed by atoms with Gasteiger partial charge in [-0.2, -0.15) is 0 Å². The van der Waals surface area contributed by atoms with Gasteiger partial charge < -0.3 is 30.2 Å². The molecule has 0 aliphatic carbocycles. The molecule has 0 radical (unpaired) electrons. The molecule has 10 nitrogen and oxygen atoms in total. The van der Waals surface area contributed by atoms with Crippen LogP contribution in [0.4, 0.5) is 5.69 Å². The topological polar surface area (TPSA) is 128 Å². The summed E-state index contributed by atoms with van der Waals surface area (Å²) < 4.78 is 16.5. The van der Waals surface area contributed by atoms with Crippen LogP contribution in [0, 0.1) is 5.92 Å². The van der Waals surface area contributed by atoms with Crippen LogP contribution in [0.2, 0.25) is 0 Å². The van der Waals surface area contributed by atoms with Gasteiger partial charge in [-0.3, -0.25) is 4.79 Å². The van der Waals surface area contributed by atoms with Crippen molar-refractivity contribution >= 4 is 40.5 Å². The summed E-state index contributed by atoms with van der Waals surface area (Å²) in [6.45, 7) is 4.99. The van der Waals surface area contributed by atoms with E-state index in [-0.39, 0.29) is 47.9 Å². The Hall–Kier alpha value is -3.96. The van der Waals surface area contributed by atoms with Crippen LogP contribution in [0.25, 0.3) is 0 Å². The summed E-state index contributed by atoms with van der Waals surface area (Å²) in [5, 5.41) is 2.77. The monoisotopic (exact) mass is 639 g/mol. The van der Waals surface area contributed by atoms with E-state index in [2.05, 4.69) is 29.1 Å². The first-order chi connectivity index (χ1) is 19.8. The third kappa shape index (κ3) is 9.02. The predicted octanol–water partition coefficient (Wildman–Crippen LogP) is 4.89. The number of guanidine groups is 1. The molecule has 2 aromatic carbocycles. The molecule has 224 valence electrons. The van der Waals surface area contributed by atoms with Gasteiger partial charge in [-0.05, 0) is 30.0 Å². The minimum Gasteiger partial charge on any atom is -0.467 e. The quantitative estimate of drug-likeness (QED) is 0.253. The molecule has 11 heteroatoms. The van der Waals surface area contributed by atoms with Crippen LogP contribution in [-0.2, 0) is 32.2 Å². The number of fused-ring (bicyclic) bond motifs is 1. The second kappa shape index (κ2) is 15.9. The fourth-order valence-electron chi connectivity index (χ4n) is 4.67. The number of nitrogens with two attached hydrogens (primary N) is 1. The number of pyridine rings is 1. The number of rotatable bonds is 13. The summed E-state index contributed by atoms with van der Waals surface area (Å²) in [6, 6.07) is 19.9. The number of ether oxygens (including phenoxy) is 3. The predicted molar refractivity (Wildman–Crippen MR) is 166 cm³/mol. The van der Waals surface area contributed by atoms with Gasteiger partial charge >= 0.3 is 5.97 Å². The van der Waals surface area contributed by atoms with Gasteiger partial charge in [0.15, 0.2) is 12.0 Å². The van der Waals surface area contributed by atoms with Gasteiger partial charge in [0, 0.05) is 30.6 Å². The first kappa shape index (κ1) is 32.6. The second-order valence-corrected chi connectivity index (χ2v) is 10.2.